The zero-order valence-electron chi connectivity index (χ0n) is 9.61. The monoisotopic (exact) mass is 208 g/mol. The first-order valence-corrected chi connectivity index (χ1v) is 5.66. The van der Waals surface area contributed by atoms with Crippen LogP contribution in [0.4, 0.5) is 5.82 Å². The number of nitrogen functional groups attached to an aromatic ring is 1. The number of hydrogen-bond acceptors (Lipinski definition) is 3. The second-order valence-electron chi connectivity index (χ2n) is 4.67. The molecular weight excluding hydrogens is 188 g/mol. The molecule has 1 saturated heterocycles. The fourth-order valence-corrected chi connectivity index (χ4v) is 2.34. The number of piperidine rings is 1. The van der Waals surface area contributed by atoms with E-state index in [2.05, 4.69) is 16.9 Å². The van der Waals surface area contributed by atoms with Crippen molar-refractivity contribution >= 4 is 5.82 Å². The smallest absolute Gasteiger partial charge is 0.145 e. The van der Waals surface area contributed by atoms with Crippen molar-refractivity contribution in [2.24, 2.45) is 13.0 Å². The van der Waals surface area contributed by atoms with Crippen LogP contribution in [-0.2, 0) is 13.6 Å². The molecule has 0 saturated carbocycles. The molecule has 1 aliphatic rings. The number of nitrogens with zero attached hydrogens (tertiary/aromatic N) is 3. The highest BCUT2D eigenvalue weighted by Crippen LogP contribution is 2.18. The summed E-state index contributed by atoms with van der Waals surface area (Å²) in [4.78, 5) is 2.49. The first-order valence-electron chi connectivity index (χ1n) is 5.66. The van der Waals surface area contributed by atoms with Gasteiger partial charge in [-0.2, -0.15) is 5.10 Å². The molecule has 0 spiro atoms. The van der Waals surface area contributed by atoms with Gasteiger partial charge in [-0.25, -0.2) is 0 Å². The van der Waals surface area contributed by atoms with Gasteiger partial charge in [0, 0.05) is 26.2 Å². The molecule has 15 heavy (non-hydrogen) atoms. The van der Waals surface area contributed by atoms with Crippen molar-refractivity contribution in [1.29, 1.82) is 0 Å². The molecule has 1 atom stereocenters. The third-order valence-corrected chi connectivity index (χ3v) is 3.12. The average Bonchev–Trinajstić information content (AvgIpc) is 2.45. The molecule has 1 aliphatic heterocycles. The largest absolute Gasteiger partial charge is 0.382 e. The Bertz CT molecular complexity index is 331. The second kappa shape index (κ2) is 4.23. The lowest BCUT2D eigenvalue weighted by atomic mass is 10.0. The molecule has 4 nitrogen and oxygen atoms in total. The van der Waals surface area contributed by atoms with Gasteiger partial charge < -0.3 is 5.73 Å². The molecule has 2 rings (SSSR count). The van der Waals surface area contributed by atoms with E-state index in [0.717, 1.165) is 12.5 Å². The summed E-state index contributed by atoms with van der Waals surface area (Å²) in [6.07, 6.45) is 2.68. The van der Waals surface area contributed by atoms with Crippen molar-refractivity contribution < 1.29 is 0 Å². The van der Waals surface area contributed by atoms with E-state index in [4.69, 9.17) is 5.73 Å². The van der Waals surface area contributed by atoms with Gasteiger partial charge in [-0.3, -0.25) is 9.58 Å². The van der Waals surface area contributed by atoms with Crippen molar-refractivity contribution in [2.75, 3.05) is 18.8 Å². The van der Waals surface area contributed by atoms with Crippen LogP contribution in [0.1, 0.15) is 25.5 Å². The molecule has 2 heterocycles. The lowest BCUT2D eigenvalue weighted by Gasteiger charge is -2.30. The standard InChI is InChI=1S/C11H20N4/c1-9-4-3-5-15(7-9)8-10-6-11(12)13-14(10)2/h6,9H,3-5,7-8H2,1-2H3,(H2,12,13)/t9-/m0/s1. The van der Waals surface area contributed by atoms with E-state index in [1.807, 2.05) is 17.8 Å². The number of rotatable bonds is 2. The zero-order chi connectivity index (χ0) is 10.8. The number of likely N-dealkylation sites (tertiary alicyclic amines) is 1. The quantitative estimate of drug-likeness (QED) is 0.795. The summed E-state index contributed by atoms with van der Waals surface area (Å²) >= 11 is 0. The summed E-state index contributed by atoms with van der Waals surface area (Å²) in [5.41, 5.74) is 6.87. The summed E-state index contributed by atoms with van der Waals surface area (Å²) in [6, 6.07) is 1.97. The van der Waals surface area contributed by atoms with Crippen LogP contribution < -0.4 is 5.73 Å². The fraction of sp³-hybridized carbons (Fsp3) is 0.727. The Labute approximate surface area is 91.1 Å². The summed E-state index contributed by atoms with van der Waals surface area (Å²) < 4.78 is 1.88. The van der Waals surface area contributed by atoms with Crippen LogP contribution >= 0.6 is 0 Å². The zero-order valence-corrected chi connectivity index (χ0v) is 9.61. The fourth-order valence-electron chi connectivity index (χ4n) is 2.34. The van der Waals surface area contributed by atoms with Crippen molar-refractivity contribution in [2.45, 2.75) is 26.3 Å². The van der Waals surface area contributed by atoms with E-state index in [0.29, 0.717) is 5.82 Å². The van der Waals surface area contributed by atoms with Gasteiger partial charge in [-0.05, 0) is 25.3 Å². The van der Waals surface area contributed by atoms with Crippen LogP contribution in [0.15, 0.2) is 6.07 Å². The highest BCUT2D eigenvalue weighted by Gasteiger charge is 2.17. The first-order chi connectivity index (χ1) is 7.15. The second-order valence-corrected chi connectivity index (χ2v) is 4.67. The Morgan fingerprint density at radius 2 is 2.40 bits per heavy atom. The predicted octanol–water partition coefficient (Wildman–Crippen LogP) is 1.23. The van der Waals surface area contributed by atoms with Crippen LogP contribution in [0.3, 0.4) is 0 Å². The summed E-state index contributed by atoms with van der Waals surface area (Å²) in [5.74, 6) is 1.45. The van der Waals surface area contributed by atoms with Gasteiger partial charge in [0.1, 0.15) is 5.82 Å². The molecule has 2 N–H and O–H groups in total. The van der Waals surface area contributed by atoms with E-state index in [1.165, 1.54) is 31.6 Å². The number of aryl methyl sites for hydroxylation is 1. The van der Waals surface area contributed by atoms with Gasteiger partial charge in [-0.1, -0.05) is 6.92 Å². The lowest BCUT2D eigenvalue weighted by Crippen LogP contribution is -2.34. The molecule has 0 bridgehead atoms. The Morgan fingerprint density at radius 1 is 1.60 bits per heavy atom. The highest BCUT2D eigenvalue weighted by molar-refractivity contribution is 5.29. The van der Waals surface area contributed by atoms with E-state index >= 15 is 0 Å². The van der Waals surface area contributed by atoms with Crippen molar-refractivity contribution in [1.82, 2.24) is 14.7 Å². The molecular formula is C11H20N4. The van der Waals surface area contributed by atoms with E-state index < -0.39 is 0 Å². The van der Waals surface area contributed by atoms with Gasteiger partial charge in [-0.15, -0.1) is 0 Å². The van der Waals surface area contributed by atoms with Crippen LogP contribution in [0, 0.1) is 5.92 Å². The maximum absolute atomic E-state index is 5.66. The topological polar surface area (TPSA) is 47.1 Å². The van der Waals surface area contributed by atoms with Gasteiger partial charge in [0.05, 0.1) is 5.69 Å². The third kappa shape index (κ3) is 2.50. The molecule has 1 aromatic rings. The van der Waals surface area contributed by atoms with Crippen molar-refractivity contribution in [3.05, 3.63) is 11.8 Å². The first kappa shape index (κ1) is 10.5. The minimum Gasteiger partial charge on any atom is -0.382 e. The minimum absolute atomic E-state index is 0.623. The molecule has 0 aliphatic carbocycles. The Kier molecular flexibility index (Phi) is 2.95. The van der Waals surface area contributed by atoms with Crippen LogP contribution in [0.25, 0.3) is 0 Å². The number of anilines is 1. The van der Waals surface area contributed by atoms with Crippen LogP contribution in [0.5, 0.6) is 0 Å². The van der Waals surface area contributed by atoms with Gasteiger partial charge in [0.25, 0.3) is 0 Å². The van der Waals surface area contributed by atoms with E-state index in [9.17, 15) is 0 Å². The minimum atomic E-state index is 0.623. The summed E-state index contributed by atoms with van der Waals surface area (Å²) in [6.45, 7) is 5.70. The van der Waals surface area contributed by atoms with Gasteiger partial charge in [0.2, 0.25) is 0 Å². The molecule has 1 aromatic heterocycles. The molecule has 0 aromatic carbocycles. The van der Waals surface area contributed by atoms with E-state index in [-0.39, 0.29) is 0 Å². The van der Waals surface area contributed by atoms with Crippen LogP contribution in [-0.4, -0.2) is 27.8 Å². The molecule has 4 heteroatoms. The molecule has 84 valence electrons. The summed E-state index contributed by atoms with van der Waals surface area (Å²) in [7, 11) is 1.96. The normalized spacial score (nSPS) is 23.2. The highest BCUT2D eigenvalue weighted by atomic mass is 15.3. The molecule has 0 unspecified atom stereocenters. The van der Waals surface area contributed by atoms with Gasteiger partial charge in [0.15, 0.2) is 0 Å². The Balaban J connectivity index is 1.99. The number of hydrogen-bond donors (Lipinski definition) is 1. The average molecular weight is 208 g/mol. The number of aromatic nitrogens is 2. The van der Waals surface area contributed by atoms with E-state index in [1.54, 1.807) is 0 Å². The predicted molar refractivity (Wildman–Crippen MR) is 61.3 cm³/mol. The SMILES string of the molecule is C[C@H]1CCCN(Cc2cc(N)nn2C)C1. The number of nitrogens with two attached hydrogens (primary N) is 1. The molecule has 0 radical (unpaired) electrons. The Hall–Kier alpha value is -1.03. The summed E-state index contributed by atoms with van der Waals surface area (Å²) in [5, 5.41) is 4.16. The maximum atomic E-state index is 5.66. The maximum Gasteiger partial charge on any atom is 0.145 e. The Morgan fingerprint density at radius 3 is 3.00 bits per heavy atom. The van der Waals surface area contributed by atoms with Crippen molar-refractivity contribution in [3.63, 3.8) is 0 Å². The molecule has 1 fully saturated rings. The van der Waals surface area contributed by atoms with Crippen LogP contribution in [0.2, 0.25) is 0 Å². The van der Waals surface area contributed by atoms with Gasteiger partial charge >= 0.3 is 0 Å². The lowest BCUT2D eigenvalue weighted by molar-refractivity contribution is 0.173. The molecule has 0 amide bonds. The van der Waals surface area contributed by atoms with Crippen molar-refractivity contribution in [3.8, 4) is 0 Å². The third-order valence-electron chi connectivity index (χ3n) is 3.12.